The molecule has 5 N–H and O–H groups in total. The normalized spacial score (nSPS) is 14.5. The van der Waals surface area contributed by atoms with Crippen LogP contribution in [0.3, 0.4) is 0 Å². The van der Waals surface area contributed by atoms with Crippen molar-refractivity contribution in [1.82, 2.24) is 46.2 Å². The number of rotatable bonds is 37. The van der Waals surface area contributed by atoms with Gasteiger partial charge in [-0.05, 0) is 102 Å². The number of aryl methyl sites for hydroxylation is 1. The van der Waals surface area contributed by atoms with Gasteiger partial charge in [-0.2, -0.15) is 0 Å². The maximum atomic E-state index is 13.2. The van der Waals surface area contributed by atoms with Crippen LogP contribution in [0.25, 0.3) is 0 Å². The van der Waals surface area contributed by atoms with Gasteiger partial charge in [-0.15, -0.1) is 16.9 Å². The van der Waals surface area contributed by atoms with Gasteiger partial charge in [-0.25, -0.2) is 5.48 Å². The highest BCUT2D eigenvalue weighted by Crippen LogP contribution is 2.32. The van der Waals surface area contributed by atoms with E-state index in [1.165, 1.54) is 28.8 Å². The molecular weight excluding hydrogens is 1020 g/mol. The van der Waals surface area contributed by atoms with E-state index in [1.54, 1.807) is 24.7 Å². The first kappa shape index (κ1) is 62.1. The summed E-state index contributed by atoms with van der Waals surface area (Å²) >= 11 is 1.34. The van der Waals surface area contributed by atoms with Gasteiger partial charge in [0.15, 0.2) is 0 Å². The van der Waals surface area contributed by atoms with Gasteiger partial charge < -0.3 is 26.0 Å². The van der Waals surface area contributed by atoms with Gasteiger partial charge in [0.25, 0.3) is 11.8 Å². The average molecular weight is 1100 g/mol. The van der Waals surface area contributed by atoms with Crippen LogP contribution in [0.4, 0.5) is 5.69 Å². The van der Waals surface area contributed by atoms with E-state index in [-0.39, 0.29) is 99.0 Å². The van der Waals surface area contributed by atoms with Crippen molar-refractivity contribution in [2.24, 2.45) is 5.41 Å². The van der Waals surface area contributed by atoms with Crippen molar-refractivity contribution >= 4 is 70.6 Å². The molecule has 1 unspecified atom stereocenters. The van der Waals surface area contributed by atoms with Crippen molar-refractivity contribution < 1.29 is 52.7 Å². The maximum Gasteiger partial charge on any atom is 0.253 e. The molecule has 5 rings (SSSR count). The minimum absolute atomic E-state index is 0.0194. The lowest BCUT2D eigenvalue weighted by Gasteiger charge is -2.32. The molecule has 0 saturated carbocycles. The summed E-state index contributed by atoms with van der Waals surface area (Å²) in [4.78, 5) is 120. The number of nitrogens with one attached hydrogen (secondary N) is 5. The number of para-hydroxylation sites is 1. The third-order valence-electron chi connectivity index (χ3n) is 13.1. The fourth-order valence-corrected chi connectivity index (χ4v) is 9.33. The number of ether oxygens (including phenoxy) is 1. The molecule has 0 spiro atoms. The van der Waals surface area contributed by atoms with Crippen LogP contribution >= 0.6 is 11.8 Å². The van der Waals surface area contributed by atoms with Gasteiger partial charge in [-0.3, -0.25) is 62.5 Å². The Bertz CT molecular complexity index is 2500. The van der Waals surface area contributed by atoms with Crippen molar-refractivity contribution in [2.75, 3.05) is 38.1 Å². The number of carbonyl (C=O) groups is 9. The number of nitrogens with zero attached hydrogens (tertiary/aromatic N) is 5. The van der Waals surface area contributed by atoms with Crippen LogP contribution in [0.15, 0.2) is 77.8 Å². The van der Waals surface area contributed by atoms with E-state index in [4.69, 9.17) is 9.57 Å². The molecule has 1 atom stereocenters. The topological polar surface area (TPSA) is 269 Å². The van der Waals surface area contributed by atoms with Gasteiger partial charge in [0, 0.05) is 87.6 Å². The Kier molecular flexibility index (Phi) is 25.6. The fraction of sp³-hybridized carbons (Fsp3) is 0.554. The van der Waals surface area contributed by atoms with E-state index in [2.05, 4.69) is 37.1 Å². The third kappa shape index (κ3) is 22.7. The van der Waals surface area contributed by atoms with E-state index in [0.717, 1.165) is 53.2 Å². The minimum atomic E-state index is -0.850. The molecular formula is C56H78N10O11S. The lowest BCUT2D eigenvalue weighted by atomic mass is 9.93. The molecule has 2 aliphatic heterocycles. The zero-order chi connectivity index (χ0) is 56.3. The number of likely N-dealkylation sites (tertiary alicyclic amines) is 1. The van der Waals surface area contributed by atoms with Crippen molar-refractivity contribution in [3.05, 3.63) is 84.2 Å². The number of thioether (sulfide) groups is 1. The second-order valence-electron chi connectivity index (χ2n) is 20.8. The van der Waals surface area contributed by atoms with Crippen molar-refractivity contribution in [1.29, 1.82) is 0 Å². The summed E-state index contributed by atoms with van der Waals surface area (Å²) < 4.78 is 7.73. The van der Waals surface area contributed by atoms with Crippen LogP contribution in [0.5, 0.6) is 0 Å². The molecule has 0 bridgehead atoms. The van der Waals surface area contributed by atoms with Gasteiger partial charge >= 0.3 is 0 Å². The number of hydrogen-bond acceptors (Lipinski definition) is 14. The molecule has 424 valence electrons. The molecule has 22 heteroatoms. The van der Waals surface area contributed by atoms with E-state index < -0.39 is 16.3 Å². The van der Waals surface area contributed by atoms with E-state index in [0.29, 0.717) is 83.0 Å². The number of imide groups is 2. The second-order valence-corrected chi connectivity index (χ2v) is 22.1. The van der Waals surface area contributed by atoms with Crippen molar-refractivity contribution in [3.8, 4) is 0 Å². The Morgan fingerprint density at radius 3 is 1.95 bits per heavy atom. The van der Waals surface area contributed by atoms with Crippen LogP contribution in [-0.2, 0) is 72.4 Å². The molecule has 2 aliphatic rings. The Labute approximate surface area is 461 Å². The first-order valence-corrected chi connectivity index (χ1v) is 28.0. The molecule has 21 nitrogen and oxygen atoms in total. The first-order chi connectivity index (χ1) is 37.4. The largest absolute Gasteiger partial charge is 0.374 e. The van der Waals surface area contributed by atoms with Crippen LogP contribution < -0.4 is 26.7 Å². The third-order valence-corrected chi connectivity index (χ3v) is 14.3. The lowest BCUT2D eigenvalue weighted by Crippen LogP contribution is -2.45. The predicted molar refractivity (Wildman–Crippen MR) is 292 cm³/mol. The summed E-state index contributed by atoms with van der Waals surface area (Å²) in [5.41, 5.74) is 3.20. The predicted octanol–water partition coefficient (Wildman–Crippen LogP) is 5.83. The quantitative estimate of drug-likeness (QED) is 0.0258. The minimum Gasteiger partial charge on any atom is -0.374 e. The highest BCUT2D eigenvalue weighted by Gasteiger charge is 2.39. The molecule has 0 aliphatic carbocycles. The van der Waals surface area contributed by atoms with E-state index >= 15 is 0 Å². The van der Waals surface area contributed by atoms with Gasteiger partial charge in [0.1, 0.15) is 5.69 Å². The summed E-state index contributed by atoms with van der Waals surface area (Å²) in [6.07, 6.45) is 13.5. The number of carbonyl (C=O) groups excluding carboxylic acids is 9. The molecule has 1 aromatic heterocycles. The molecule has 3 heterocycles. The zero-order valence-electron chi connectivity index (χ0n) is 45.6. The first-order valence-electron chi connectivity index (χ1n) is 27.1. The van der Waals surface area contributed by atoms with E-state index in [9.17, 15) is 43.2 Å². The van der Waals surface area contributed by atoms with Crippen LogP contribution in [0, 0.1) is 5.41 Å². The number of amides is 9. The molecule has 2 aromatic carbocycles. The smallest absolute Gasteiger partial charge is 0.253 e. The number of benzene rings is 2. The average Bonchev–Trinajstić information content (AvgIpc) is 4.10. The Morgan fingerprint density at radius 1 is 0.667 bits per heavy atom. The molecule has 0 radical (unpaired) electrons. The summed E-state index contributed by atoms with van der Waals surface area (Å²) in [7, 11) is 0. The Morgan fingerprint density at radius 2 is 1.27 bits per heavy atom. The highest BCUT2D eigenvalue weighted by molar-refractivity contribution is 8.00. The monoisotopic (exact) mass is 1100 g/mol. The summed E-state index contributed by atoms with van der Waals surface area (Å²) in [6, 6.07) is 16.8. The SMILES string of the molecule is CC(C)(CCN1C(=O)C=CC1=O)OCC(C)(C)C(=O)NCCNC(=O)CCCCCn1cc(CNC(=O)CCCCCN2C(=O)CC(Sc3ccc(CONC(=O)CCCCCCC(=O)Nc4ccccc4)cc3)C2=O)nn1. The number of hydroxylamine groups is 1. The molecule has 1 saturated heterocycles. The molecule has 78 heavy (non-hydrogen) atoms. The van der Waals surface area contributed by atoms with Gasteiger partial charge in [0.05, 0.1) is 42.2 Å². The molecule has 9 amide bonds. The summed E-state index contributed by atoms with van der Waals surface area (Å²) in [5, 5.41) is 19.2. The summed E-state index contributed by atoms with van der Waals surface area (Å²) in [6.45, 7) is 9.45. The number of unbranched alkanes of at least 4 members (excludes halogenated alkanes) is 7. The van der Waals surface area contributed by atoms with Crippen molar-refractivity contribution in [2.45, 2.75) is 166 Å². The second kappa shape index (κ2) is 32.2. The molecule has 3 aromatic rings. The fourth-order valence-electron chi connectivity index (χ4n) is 8.26. The Balaban J connectivity index is 0.822. The van der Waals surface area contributed by atoms with Gasteiger partial charge in [0.2, 0.25) is 41.4 Å². The number of anilines is 1. The van der Waals surface area contributed by atoms with Crippen LogP contribution in [0.2, 0.25) is 0 Å². The van der Waals surface area contributed by atoms with Crippen LogP contribution in [-0.4, -0.2) is 122 Å². The maximum absolute atomic E-state index is 13.2. The number of hydrogen-bond donors (Lipinski definition) is 5. The Hall–Kier alpha value is -6.78. The lowest BCUT2D eigenvalue weighted by molar-refractivity contribution is -0.141. The van der Waals surface area contributed by atoms with Crippen LogP contribution in [0.1, 0.15) is 142 Å². The highest BCUT2D eigenvalue weighted by atomic mass is 32.2. The molecule has 1 fully saturated rings. The van der Waals surface area contributed by atoms with E-state index in [1.807, 2.05) is 68.4 Å². The van der Waals surface area contributed by atoms with Gasteiger partial charge in [-0.1, -0.05) is 61.2 Å². The summed E-state index contributed by atoms with van der Waals surface area (Å²) in [5.74, 6) is -1.79. The standard InChI is InChI=1S/C56H78N10O11S/c1-55(2,40-76-56(3,4)30-35-65-50(71)28-29-51(65)72)54(75)58-32-31-57-46(67)20-14-8-16-33-64-38-43(61-63-64)37-59-47(68)21-15-9-17-34-66-52(73)36-45(53(66)74)78-44-26-24-41(25-27-44)39-77-62-49(70)23-13-6-5-12-22-48(69)60-42-18-10-7-11-19-42/h7,10-11,18-19,24-29,38,45H,5-6,8-9,12-17,20-23,30-37,39-40H2,1-4H3,(H,57,67)(H,58,75)(H,59,68)(H,60,69)(H,62,70). The zero-order valence-corrected chi connectivity index (χ0v) is 46.4. The number of aromatic nitrogens is 3. The van der Waals surface area contributed by atoms with Crippen molar-refractivity contribution in [3.63, 3.8) is 0 Å².